The number of aliphatic hydroxyl groups excluding tert-OH is 1. The van der Waals surface area contributed by atoms with Crippen molar-refractivity contribution >= 4 is 5.97 Å². The minimum atomic E-state index is -0.906. The zero-order chi connectivity index (χ0) is 10.3. The number of aliphatic hydroxyl groups is 1. The van der Waals surface area contributed by atoms with E-state index in [0.29, 0.717) is 5.56 Å². The summed E-state index contributed by atoms with van der Waals surface area (Å²) in [7, 11) is 1.00. The standard InChI is InChI=1S/C8H7FO2.CH4O/c9-7-3-1-6(2-4-7)5-8(10)11;1-2/h1-4H,5H2,(H,10,11);2H,1H3. The van der Waals surface area contributed by atoms with Crippen LogP contribution in [-0.2, 0) is 11.2 Å². The summed E-state index contributed by atoms with van der Waals surface area (Å²) >= 11 is 0. The van der Waals surface area contributed by atoms with Crippen LogP contribution in [0.25, 0.3) is 0 Å². The molecule has 0 heterocycles. The molecule has 0 amide bonds. The molecule has 3 nitrogen and oxygen atoms in total. The van der Waals surface area contributed by atoms with E-state index in [4.69, 9.17) is 10.2 Å². The summed E-state index contributed by atoms with van der Waals surface area (Å²) in [5, 5.41) is 15.3. The fourth-order valence-corrected chi connectivity index (χ4v) is 0.777. The van der Waals surface area contributed by atoms with Crippen LogP contribution in [0.1, 0.15) is 5.56 Å². The van der Waals surface area contributed by atoms with Gasteiger partial charge in [-0.05, 0) is 17.7 Å². The summed E-state index contributed by atoms with van der Waals surface area (Å²) in [6.45, 7) is 0. The highest BCUT2D eigenvalue weighted by atomic mass is 19.1. The Morgan fingerprint density at radius 2 is 1.77 bits per heavy atom. The smallest absolute Gasteiger partial charge is 0.307 e. The summed E-state index contributed by atoms with van der Waals surface area (Å²) < 4.78 is 12.3. The van der Waals surface area contributed by atoms with Crippen LogP contribution in [0, 0.1) is 5.82 Å². The number of carboxylic acids is 1. The summed E-state index contributed by atoms with van der Waals surface area (Å²) in [5.41, 5.74) is 0.610. The van der Waals surface area contributed by atoms with Crippen LogP contribution in [0.4, 0.5) is 4.39 Å². The molecule has 0 unspecified atom stereocenters. The fourth-order valence-electron chi connectivity index (χ4n) is 0.777. The van der Waals surface area contributed by atoms with Crippen molar-refractivity contribution in [1.82, 2.24) is 0 Å². The Bertz CT molecular complexity index is 256. The lowest BCUT2D eigenvalue weighted by Crippen LogP contribution is -1.99. The van der Waals surface area contributed by atoms with Crippen LogP contribution in [-0.4, -0.2) is 23.3 Å². The van der Waals surface area contributed by atoms with E-state index in [1.165, 1.54) is 24.3 Å². The van der Waals surface area contributed by atoms with E-state index in [9.17, 15) is 9.18 Å². The quantitative estimate of drug-likeness (QED) is 0.726. The molecule has 0 aliphatic carbocycles. The molecule has 0 aromatic heterocycles. The van der Waals surface area contributed by atoms with Crippen LogP contribution in [0.2, 0.25) is 0 Å². The lowest BCUT2D eigenvalue weighted by atomic mass is 10.1. The average Bonchev–Trinajstić information content (AvgIpc) is 2.12. The molecule has 0 aliphatic rings. The van der Waals surface area contributed by atoms with Gasteiger partial charge in [0.15, 0.2) is 0 Å². The first-order chi connectivity index (χ1) is 6.18. The maximum absolute atomic E-state index is 12.3. The number of halogens is 1. The zero-order valence-electron chi connectivity index (χ0n) is 7.20. The van der Waals surface area contributed by atoms with Gasteiger partial charge < -0.3 is 10.2 Å². The summed E-state index contributed by atoms with van der Waals surface area (Å²) in [6.07, 6.45) is -0.0553. The van der Waals surface area contributed by atoms with Gasteiger partial charge in [0.25, 0.3) is 0 Å². The lowest BCUT2D eigenvalue weighted by Gasteiger charge is -1.94. The van der Waals surface area contributed by atoms with E-state index in [0.717, 1.165) is 7.11 Å². The Kier molecular flexibility index (Phi) is 5.47. The molecule has 0 aliphatic heterocycles. The molecular weight excluding hydrogens is 175 g/mol. The molecule has 0 saturated carbocycles. The zero-order valence-corrected chi connectivity index (χ0v) is 7.20. The third kappa shape index (κ3) is 4.92. The molecular formula is C9H11FO3. The normalized spacial score (nSPS) is 8.54. The van der Waals surface area contributed by atoms with Gasteiger partial charge in [-0.1, -0.05) is 12.1 Å². The Labute approximate surface area is 75.4 Å². The minimum Gasteiger partial charge on any atom is -0.481 e. The monoisotopic (exact) mass is 186 g/mol. The third-order valence-corrected chi connectivity index (χ3v) is 1.27. The molecule has 0 fully saturated rings. The van der Waals surface area contributed by atoms with Gasteiger partial charge in [-0.25, -0.2) is 4.39 Å². The molecule has 0 spiro atoms. The first kappa shape index (κ1) is 11.6. The SMILES string of the molecule is CO.O=C(O)Cc1ccc(F)cc1. The second-order valence-corrected chi connectivity index (χ2v) is 2.20. The summed E-state index contributed by atoms with van der Waals surface area (Å²) in [4.78, 5) is 10.2. The number of carboxylic acid groups (broad SMARTS) is 1. The van der Waals surface area contributed by atoms with Gasteiger partial charge in [-0.15, -0.1) is 0 Å². The second-order valence-electron chi connectivity index (χ2n) is 2.20. The molecule has 0 atom stereocenters. The Morgan fingerprint density at radius 3 is 2.15 bits per heavy atom. The Balaban J connectivity index is 0.000000671. The number of hydrogen-bond donors (Lipinski definition) is 2. The largest absolute Gasteiger partial charge is 0.481 e. The topological polar surface area (TPSA) is 57.5 Å². The highest BCUT2D eigenvalue weighted by molar-refractivity contribution is 5.70. The molecule has 1 aromatic carbocycles. The van der Waals surface area contributed by atoms with Gasteiger partial charge in [0, 0.05) is 7.11 Å². The van der Waals surface area contributed by atoms with Gasteiger partial charge in [0.05, 0.1) is 6.42 Å². The van der Waals surface area contributed by atoms with E-state index in [1.54, 1.807) is 0 Å². The fraction of sp³-hybridized carbons (Fsp3) is 0.222. The molecule has 13 heavy (non-hydrogen) atoms. The molecule has 0 saturated heterocycles. The highest BCUT2D eigenvalue weighted by Crippen LogP contribution is 2.02. The van der Waals surface area contributed by atoms with Crippen LogP contribution in [0.5, 0.6) is 0 Å². The van der Waals surface area contributed by atoms with Crippen molar-refractivity contribution in [2.45, 2.75) is 6.42 Å². The van der Waals surface area contributed by atoms with Crippen LogP contribution in [0.3, 0.4) is 0 Å². The van der Waals surface area contributed by atoms with Crippen LogP contribution < -0.4 is 0 Å². The maximum Gasteiger partial charge on any atom is 0.307 e. The van der Waals surface area contributed by atoms with Crippen molar-refractivity contribution in [2.24, 2.45) is 0 Å². The number of rotatable bonds is 2. The Hall–Kier alpha value is -1.42. The molecule has 1 rings (SSSR count). The first-order valence-electron chi connectivity index (χ1n) is 3.59. The molecule has 72 valence electrons. The summed E-state index contributed by atoms with van der Waals surface area (Å²) in [5.74, 6) is -1.25. The van der Waals surface area contributed by atoms with Gasteiger partial charge >= 0.3 is 5.97 Å². The predicted octanol–water partition coefficient (Wildman–Crippen LogP) is 1.06. The summed E-state index contributed by atoms with van der Waals surface area (Å²) in [6, 6.07) is 5.42. The van der Waals surface area contributed by atoms with Crippen LogP contribution in [0.15, 0.2) is 24.3 Å². The van der Waals surface area contributed by atoms with Gasteiger partial charge in [0.1, 0.15) is 5.82 Å². The van der Waals surface area contributed by atoms with E-state index >= 15 is 0 Å². The van der Waals surface area contributed by atoms with Gasteiger partial charge in [0.2, 0.25) is 0 Å². The number of carbonyl (C=O) groups is 1. The maximum atomic E-state index is 12.3. The minimum absolute atomic E-state index is 0.0553. The highest BCUT2D eigenvalue weighted by Gasteiger charge is 1.98. The first-order valence-corrected chi connectivity index (χ1v) is 3.59. The molecule has 0 bridgehead atoms. The van der Waals surface area contributed by atoms with E-state index < -0.39 is 5.97 Å². The second kappa shape index (κ2) is 6.14. The number of hydrogen-bond acceptors (Lipinski definition) is 2. The Morgan fingerprint density at radius 1 is 1.31 bits per heavy atom. The van der Waals surface area contributed by atoms with Crippen molar-refractivity contribution in [3.8, 4) is 0 Å². The van der Waals surface area contributed by atoms with Gasteiger partial charge in [-0.3, -0.25) is 4.79 Å². The molecule has 2 N–H and O–H groups in total. The molecule has 0 radical (unpaired) electrons. The number of benzene rings is 1. The van der Waals surface area contributed by atoms with Crippen molar-refractivity contribution in [1.29, 1.82) is 0 Å². The van der Waals surface area contributed by atoms with Crippen molar-refractivity contribution in [3.63, 3.8) is 0 Å². The van der Waals surface area contributed by atoms with Crippen molar-refractivity contribution in [2.75, 3.05) is 7.11 Å². The molecule has 1 aromatic rings. The molecule has 4 heteroatoms. The van der Waals surface area contributed by atoms with E-state index in [-0.39, 0.29) is 12.2 Å². The third-order valence-electron chi connectivity index (χ3n) is 1.27. The van der Waals surface area contributed by atoms with Crippen molar-refractivity contribution < 1.29 is 19.4 Å². The van der Waals surface area contributed by atoms with Crippen molar-refractivity contribution in [3.05, 3.63) is 35.6 Å². The van der Waals surface area contributed by atoms with E-state index in [1.807, 2.05) is 0 Å². The van der Waals surface area contributed by atoms with Crippen LogP contribution >= 0.6 is 0 Å². The van der Waals surface area contributed by atoms with E-state index in [2.05, 4.69) is 0 Å². The predicted molar refractivity (Wildman–Crippen MR) is 45.9 cm³/mol. The lowest BCUT2D eigenvalue weighted by molar-refractivity contribution is -0.136. The average molecular weight is 186 g/mol. The number of aliphatic carboxylic acids is 1. The van der Waals surface area contributed by atoms with Gasteiger partial charge in [-0.2, -0.15) is 0 Å².